The van der Waals surface area contributed by atoms with E-state index in [0.29, 0.717) is 12.4 Å². The molecule has 2 N–H and O–H groups in total. The number of ketones is 1. The quantitative estimate of drug-likeness (QED) is 0.506. The Hall–Kier alpha value is -1.09. The molecule has 3 nitrogen and oxygen atoms in total. The van der Waals surface area contributed by atoms with Crippen LogP contribution in [0.1, 0.15) is 6.92 Å². The molecule has 4 heteroatoms. The van der Waals surface area contributed by atoms with Crippen molar-refractivity contribution in [1.29, 1.82) is 0 Å². The number of Topliss-reactive ketones (excluding diaryl/α,β-unsaturated/α-hetero) is 1. The van der Waals surface area contributed by atoms with Crippen molar-refractivity contribution in [3.8, 4) is 0 Å². The summed E-state index contributed by atoms with van der Waals surface area (Å²) in [7, 11) is 0. The summed E-state index contributed by atoms with van der Waals surface area (Å²) in [5, 5.41) is 0. The van der Waals surface area contributed by atoms with Gasteiger partial charge in [0.05, 0.1) is 6.20 Å². The minimum Gasteiger partial charge on any atom is -1.00 e. The first-order valence-electron chi connectivity index (χ1n) is 3.43. The first-order valence-corrected chi connectivity index (χ1v) is 3.43. The van der Waals surface area contributed by atoms with Crippen LogP contribution in [0, 0.1) is 0 Å². The molecule has 0 fully saturated rings. The summed E-state index contributed by atoms with van der Waals surface area (Å²) in [6.07, 6.45) is 1.79. The Kier molecular flexibility index (Phi) is 4.29. The maximum atomic E-state index is 10.7. The van der Waals surface area contributed by atoms with E-state index in [-0.39, 0.29) is 18.2 Å². The van der Waals surface area contributed by atoms with E-state index in [2.05, 4.69) is 0 Å². The topological polar surface area (TPSA) is 47.0 Å². The lowest BCUT2D eigenvalue weighted by molar-refractivity contribution is -0.669. The SMILES string of the molecule is CC(=O)C[n+]1ccccc1N.[Cl-]. The molecule has 0 aliphatic heterocycles. The summed E-state index contributed by atoms with van der Waals surface area (Å²) in [6.45, 7) is 1.89. The Balaban J connectivity index is 0.00000121. The van der Waals surface area contributed by atoms with E-state index in [1.807, 2.05) is 12.1 Å². The zero-order valence-corrected chi connectivity index (χ0v) is 7.58. The van der Waals surface area contributed by atoms with Gasteiger partial charge in [-0.2, -0.15) is 0 Å². The third-order valence-electron chi connectivity index (χ3n) is 1.37. The number of aromatic nitrogens is 1. The Morgan fingerprint density at radius 3 is 2.75 bits per heavy atom. The molecule has 0 aliphatic rings. The van der Waals surface area contributed by atoms with Crippen LogP contribution in [0.4, 0.5) is 5.82 Å². The molecule has 0 bridgehead atoms. The van der Waals surface area contributed by atoms with Crippen molar-refractivity contribution < 1.29 is 21.8 Å². The second-order valence-corrected chi connectivity index (χ2v) is 2.46. The summed E-state index contributed by atoms with van der Waals surface area (Å²) < 4.78 is 1.71. The lowest BCUT2D eigenvalue weighted by Gasteiger charge is -1.97. The predicted molar refractivity (Wildman–Crippen MR) is 41.7 cm³/mol. The summed E-state index contributed by atoms with van der Waals surface area (Å²) in [5.41, 5.74) is 5.58. The van der Waals surface area contributed by atoms with Gasteiger partial charge in [0.1, 0.15) is 6.54 Å². The van der Waals surface area contributed by atoms with Crippen LogP contribution in [0.15, 0.2) is 24.4 Å². The van der Waals surface area contributed by atoms with Crippen LogP contribution in [-0.4, -0.2) is 5.78 Å². The maximum absolute atomic E-state index is 10.7. The highest BCUT2D eigenvalue weighted by molar-refractivity contribution is 5.73. The number of hydrogen-bond donors (Lipinski definition) is 1. The summed E-state index contributed by atoms with van der Waals surface area (Å²) in [5.74, 6) is 0.718. The summed E-state index contributed by atoms with van der Waals surface area (Å²) in [6, 6.07) is 5.45. The summed E-state index contributed by atoms with van der Waals surface area (Å²) in [4.78, 5) is 10.7. The molecule has 12 heavy (non-hydrogen) atoms. The second-order valence-electron chi connectivity index (χ2n) is 2.46. The van der Waals surface area contributed by atoms with E-state index >= 15 is 0 Å². The molecule has 0 unspecified atom stereocenters. The fraction of sp³-hybridized carbons (Fsp3) is 0.250. The molecular formula is C8H11ClN2O. The van der Waals surface area contributed by atoms with Gasteiger partial charge >= 0.3 is 0 Å². The zero-order chi connectivity index (χ0) is 8.27. The standard InChI is InChI=1S/C8H10N2O.ClH/c1-7(11)6-10-5-3-2-4-8(10)9;/h2-5,9H,6H2,1H3;1H. The van der Waals surface area contributed by atoms with Gasteiger partial charge in [-0.15, -0.1) is 0 Å². The first kappa shape index (κ1) is 10.9. The lowest BCUT2D eigenvalue weighted by Crippen LogP contribution is -3.00. The van der Waals surface area contributed by atoms with Gasteiger partial charge in [0.15, 0.2) is 5.78 Å². The number of nitrogen functional groups attached to an aromatic ring is 1. The van der Waals surface area contributed by atoms with Gasteiger partial charge in [-0.25, -0.2) is 4.57 Å². The van der Waals surface area contributed by atoms with Crippen molar-refractivity contribution in [2.24, 2.45) is 0 Å². The summed E-state index contributed by atoms with van der Waals surface area (Å²) >= 11 is 0. The molecule has 0 saturated carbocycles. The molecule has 0 amide bonds. The fourth-order valence-corrected chi connectivity index (χ4v) is 0.873. The number of anilines is 1. The minimum atomic E-state index is 0. The second kappa shape index (κ2) is 4.72. The highest BCUT2D eigenvalue weighted by atomic mass is 35.5. The molecule has 1 aromatic heterocycles. The van der Waals surface area contributed by atoms with Crippen molar-refractivity contribution in [3.63, 3.8) is 0 Å². The van der Waals surface area contributed by atoms with E-state index in [1.54, 1.807) is 23.8 Å². The van der Waals surface area contributed by atoms with Gasteiger partial charge in [0, 0.05) is 6.07 Å². The average molecular weight is 187 g/mol. The Morgan fingerprint density at radius 1 is 1.58 bits per heavy atom. The van der Waals surface area contributed by atoms with E-state index in [9.17, 15) is 4.79 Å². The Morgan fingerprint density at radius 2 is 2.25 bits per heavy atom. The number of nitrogens with zero attached hydrogens (tertiary/aromatic N) is 1. The van der Waals surface area contributed by atoms with Gasteiger partial charge in [0.25, 0.3) is 5.82 Å². The molecule has 0 radical (unpaired) electrons. The third kappa shape index (κ3) is 2.88. The van der Waals surface area contributed by atoms with Crippen LogP contribution in [0.2, 0.25) is 0 Å². The van der Waals surface area contributed by atoms with Crippen molar-refractivity contribution in [3.05, 3.63) is 24.4 Å². The van der Waals surface area contributed by atoms with Crippen LogP contribution >= 0.6 is 0 Å². The highest BCUT2D eigenvalue weighted by Crippen LogP contribution is 1.90. The molecule has 0 aliphatic carbocycles. The van der Waals surface area contributed by atoms with Crippen LogP contribution in [0.25, 0.3) is 0 Å². The van der Waals surface area contributed by atoms with Gasteiger partial charge < -0.3 is 12.4 Å². The van der Waals surface area contributed by atoms with Crippen LogP contribution in [-0.2, 0) is 11.3 Å². The van der Waals surface area contributed by atoms with Gasteiger partial charge in [-0.05, 0) is 13.0 Å². The van der Waals surface area contributed by atoms with Crippen molar-refractivity contribution in [1.82, 2.24) is 0 Å². The van der Waals surface area contributed by atoms with Crippen molar-refractivity contribution in [2.45, 2.75) is 13.5 Å². The largest absolute Gasteiger partial charge is 1.00 e. The normalized spacial score (nSPS) is 8.75. The van der Waals surface area contributed by atoms with Gasteiger partial charge in [-0.1, -0.05) is 6.07 Å². The van der Waals surface area contributed by atoms with E-state index in [1.165, 1.54) is 0 Å². The monoisotopic (exact) mass is 186 g/mol. The molecular weight excluding hydrogens is 176 g/mol. The number of rotatable bonds is 2. The van der Waals surface area contributed by atoms with Crippen LogP contribution in [0.3, 0.4) is 0 Å². The number of halogens is 1. The number of carbonyl (C=O) groups excluding carboxylic acids is 1. The van der Waals surface area contributed by atoms with E-state index in [4.69, 9.17) is 5.73 Å². The zero-order valence-electron chi connectivity index (χ0n) is 6.83. The molecule has 1 rings (SSSR count). The number of nitrogens with two attached hydrogens (primary N) is 1. The number of pyridine rings is 1. The molecule has 1 heterocycles. The molecule has 0 aromatic carbocycles. The number of carbonyl (C=O) groups is 1. The molecule has 0 atom stereocenters. The Bertz CT molecular complexity index is 276. The predicted octanol–water partition coefficient (Wildman–Crippen LogP) is -2.85. The Labute approximate surface area is 77.6 Å². The third-order valence-corrected chi connectivity index (χ3v) is 1.37. The molecule has 1 aromatic rings. The maximum Gasteiger partial charge on any atom is 0.272 e. The molecule has 66 valence electrons. The highest BCUT2D eigenvalue weighted by Gasteiger charge is 2.03. The first-order chi connectivity index (χ1) is 5.20. The van der Waals surface area contributed by atoms with Crippen molar-refractivity contribution in [2.75, 3.05) is 5.73 Å². The average Bonchev–Trinajstić information content (AvgIpc) is 1.93. The van der Waals surface area contributed by atoms with Gasteiger partial charge in [0.2, 0.25) is 0 Å². The van der Waals surface area contributed by atoms with E-state index < -0.39 is 0 Å². The van der Waals surface area contributed by atoms with Crippen molar-refractivity contribution >= 4 is 11.6 Å². The molecule has 0 spiro atoms. The van der Waals surface area contributed by atoms with Crippen LogP contribution < -0.4 is 22.7 Å². The minimum absolute atomic E-state index is 0. The lowest BCUT2D eigenvalue weighted by atomic mass is 10.4. The molecule has 0 saturated heterocycles. The smallest absolute Gasteiger partial charge is 0.272 e. The number of hydrogen-bond acceptors (Lipinski definition) is 2. The van der Waals surface area contributed by atoms with E-state index in [0.717, 1.165) is 0 Å². The van der Waals surface area contributed by atoms with Gasteiger partial charge in [-0.3, -0.25) is 10.5 Å². The fourth-order valence-electron chi connectivity index (χ4n) is 0.873. The van der Waals surface area contributed by atoms with Crippen LogP contribution in [0.5, 0.6) is 0 Å².